The first kappa shape index (κ1) is 23.5. The molecule has 2 aliphatic rings. The van der Waals surface area contributed by atoms with E-state index in [4.69, 9.17) is 51.1 Å². The highest BCUT2D eigenvalue weighted by Gasteiger charge is 2.35. The average molecular weight is 532 g/mol. The zero-order valence-electron chi connectivity index (χ0n) is 16.8. The predicted octanol–water partition coefficient (Wildman–Crippen LogP) is 7.17. The average Bonchev–Trinajstić information content (AvgIpc) is 2.70. The molecule has 2 aromatic rings. The molecule has 4 rings (SSSR count). The Balaban J connectivity index is 1.56. The van der Waals surface area contributed by atoms with Crippen molar-refractivity contribution >= 4 is 68.3 Å². The third kappa shape index (κ3) is 4.80. The van der Waals surface area contributed by atoms with E-state index < -0.39 is 10.0 Å². The van der Waals surface area contributed by atoms with E-state index in [0.717, 1.165) is 12.8 Å². The number of rotatable bonds is 5. The summed E-state index contributed by atoms with van der Waals surface area (Å²) in [6, 6.07) is 6.93. The molecular weight excluding hydrogens is 514 g/mol. The number of ether oxygens (including phenoxy) is 1. The fourth-order valence-electron chi connectivity index (χ4n) is 3.62. The summed E-state index contributed by atoms with van der Waals surface area (Å²) in [5.74, 6) is 0.960. The predicted molar refractivity (Wildman–Crippen MR) is 131 cm³/mol. The van der Waals surface area contributed by atoms with E-state index in [0.29, 0.717) is 10.8 Å². The molecule has 168 valence electrons. The third-order valence-electron chi connectivity index (χ3n) is 5.39. The van der Waals surface area contributed by atoms with Crippen molar-refractivity contribution in [2.24, 2.45) is 10.9 Å². The van der Waals surface area contributed by atoms with Gasteiger partial charge in [-0.15, -0.1) is 0 Å². The van der Waals surface area contributed by atoms with E-state index in [2.05, 4.69) is 28.8 Å². The van der Waals surface area contributed by atoms with Crippen LogP contribution >= 0.6 is 46.4 Å². The van der Waals surface area contributed by atoms with Crippen molar-refractivity contribution < 1.29 is 13.2 Å². The minimum Gasteiger partial charge on any atom is -0.453 e. The zero-order chi connectivity index (χ0) is 23.1. The Kier molecular flexibility index (Phi) is 6.54. The minimum absolute atomic E-state index is 0.00442. The number of nitrogens with one attached hydrogen (secondary N) is 1. The molecule has 10 heteroatoms. The van der Waals surface area contributed by atoms with Gasteiger partial charge in [-0.25, -0.2) is 8.42 Å². The lowest BCUT2D eigenvalue weighted by Crippen LogP contribution is -2.35. The molecule has 2 atom stereocenters. The Morgan fingerprint density at radius 3 is 2.47 bits per heavy atom. The van der Waals surface area contributed by atoms with Crippen molar-refractivity contribution in [3.63, 3.8) is 0 Å². The lowest BCUT2D eigenvalue weighted by Gasteiger charge is -2.36. The standard InChI is InChI=1S/C22H18Cl4N2O3S/c1-22-7-3-2-4-13(22)8-16(12-27-22)31-21-18(25)10-15(11-19(21)26)28-32(29,30)20-6-5-14(23)9-17(20)24/h2-3,5-6,8-13,28H,4,7H2,1H3. The molecule has 1 aliphatic carbocycles. The van der Waals surface area contributed by atoms with Gasteiger partial charge in [0.2, 0.25) is 0 Å². The number of hydrogen-bond donors (Lipinski definition) is 1. The molecule has 0 aromatic heterocycles. The highest BCUT2D eigenvalue weighted by Crippen LogP contribution is 2.41. The Labute approximate surface area is 206 Å². The summed E-state index contributed by atoms with van der Waals surface area (Å²) in [5.41, 5.74) is -0.0186. The number of anilines is 1. The van der Waals surface area contributed by atoms with E-state index in [1.54, 1.807) is 6.21 Å². The fraction of sp³-hybridized carbons (Fsp3) is 0.227. The Hall–Kier alpha value is -1.70. The normalized spacial score (nSPS) is 22.3. The molecular formula is C22H18Cl4N2O3S. The van der Waals surface area contributed by atoms with Crippen LogP contribution in [0.3, 0.4) is 0 Å². The summed E-state index contributed by atoms with van der Waals surface area (Å²) in [6.07, 6.45) is 9.69. The SMILES string of the molecule is CC12CC=CCC1C=C(Oc1c(Cl)cc(NS(=O)(=O)c3ccc(Cl)cc3Cl)cc1Cl)C=N2. The number of hydrogen-bond acceptors (Lipinski definition) is 4. The van der Waals surface area contributed by atoms with Crippen molar-refractivity contribution in [3.05, 3.63) is 74.4 Å². The molecule has 1 aliphatic heterocycles. The van der Waals surface area contributed by atoms with Crippen LogP contribution in [0.5, 0.6) is 5.75 Å². The highest BCUT2D eigenvalue weighted by molar-refractivity contribution is 7.92. The smallest absolute Gasteiger partial charge is 0.263 e. The molecule has 0 spiro atoms. The van der Waals surface area contributed by atoms with Gasteiger partial charge in [-0.3, -0.25) is 9.71 Å². The second kappa shape index (κ2) is 8.92. The lowest BCUT2D eigenvalue weighted by molar-refractivity contribution is 0.325. The van der Waals surface area contributed by atoms with Crippen LogP contribution in [0.1, 0.15) is 19.8 Å². The molecule has 5 nitrogen and oxygen atoms in total. The molecule has 0 saturated carbocycles. The maximum atomic E-state index is 12.7. The Morgan fingerprint density at radius 2 is 1.78 bits per heavy atom. The highest BCUT2D eigenvalue weighted by atomic mass is 35.5. The van der Waals surface area contributed by atoms with Crippen molar-refractivity contribution in [3.8, 4) is 5.75 Å². The summed E-state index contributed by atoms with van der Waals surface area (Å²) < 4.78 is 33.8. The second-order valence-electron chi connectivity index (χ2n) is 7.75. The van der Waals surface area contributed by atoms with Gasteiger partial charge in [0.1, 0.15) is 10.7 Å². The van der Waals surface area contributed by atoms with Gasteiger partial charge in [-0.05, 0) is 56.2 Å². The maximum Gasteiger partial charge on any atom is 0.263 e. The monoisotopic (exact) mass is 530 g/mol. The summed E-state index contributed by atoms with van der Waals surface area (Å²) in [6.45, 7) is 2.11. The summed E-state index contributed by atoms with van der Waals surface area (Å²) >= 11 is 24.6. The van der Waals surface area contributed by atoms with Crippen LogP contribution in [-0.2, 0) is 10.0 Å². The van der Waals surface area contributed by atoms with E-state index in [9.17, 15) is 8.42 Å². The number of allylic oxidation sites excluding steroid dienone is 2. The third-order valence-corrected chi connectivity index (χ3v) is 8.05. The van der Waals surface area contributed by atoms with Crippen LogP contribution in [0.25, 0.3) is 0 Å². The number of aliphatic imine (C=N–C) groups is 1. The number of halogens is 4. The molecule has 1 N–H and O–H groups in total. The van der Waals surface area contributed by atoms with Crippen LogP contribution in [0.2, 0.25) is 20.1 Å². The number of sulfonamides is 1. The molecule has 0 saturated heterocycles. The van der Waals surface area contributed by atoms with Crippen molar-refractivity contribution in [2.45, 2.75) is 30.2 Å². The lowest BCUT2D eigenvalue weighted by atomic mass is 9.76. The first-order chi connectivity index (χ1) is 15.1. The van der Waals surface area contributed by atoms with Gasteiger partial charge in [0.15, 0.2) is 5.75 Å². The summed E-state index contributed by atoms with van der Waals surface area (Å²) in [5, 5.41) is 0.606. The number of nitrogens with zero attached hydrogens (tertiary/aromatic N) is 1. The quantitative estimate of drug-likeness (QED) is 0.415. The molecule has 2 unspecified atom stereocenters. The topological polar surface area (TPSA) is 67.8 Å². The van der Waals surface area contributed by atoms with E-state index >= 15 is 0 Å². The van der Waals surface area contributed by atoms with Crippen molar-refractivity contribution in [1.29, 1.82) is 0 Å². The molecule has 2 aromatic carbocycles. The molecule has 0 fully saturated rings. The van der Waals surface area contributed by atoms with Crippen LogP contribution in [0.15, 0.2) is 64.2 Å². The van der Waals surface area contributed by atoms with Crippen molar-refractivity contribution in [2.75, 3.05) is 4.72 Å². The summed E-state index contributed by atoms with van der Waals surface area (Å²) in [7, 11) is -3.99. The Bertz CT molecular complexity index is 1250. The largest absolute Gasteiger partial charge is 0.453 e. The first-order valence-corrected chi connectivity index (χ1v) is 12.6. The van der Waals surface area contributed by atoms with Gasteiger partial charge >= 0.3 is 0 Å². The van der Waals surface area contributed by atoms with Gasteiger partial charge < -0.3 is 4.74 Å². The number of fused-ring (bicyclic) bond motifs is 1. The van der Waals surface area contributed by atoms with Crippen LogP contribution < -0.4 is 9.46 Å². The summed E-state index contributed by atoms with van der Waals surface area (Å²) in [4.78, 5) is 4.54. The molecule has 1 heterocycles. The minimum atomic E-state index is -3.99. The first-order valence-electron chi connectivity index (χ1n) is 9.64. The number of benzene rings is 2. The van der Waals surface area contributed by atoms with E-state index in [1.807, 2.05) is 6.08 Å². The molecule has 0 bridgehead atoms. The van der Waals surface area contributed by atoms with Gasteiger partial charge in [-0.2, -0.15) is 0 Å². The molecule has 32 heavy (non-hydrogen) atoms. The van der Waals surface area contributed by atoms with E-state index in [-0.39, 0.29) is 42.9 Å². The second-order valence-corrected chi connectivity index (χ2v) is 11.1. The molecule has 0 radical (unpaired) electrons. The fourth-order valence-corrected chi connectivity index (χ4v) is 5.99. The van der Waals surface area contributed by atoms with Crippen LogP contribution in [-0.4, -0.2) is 20.2 Å². The maximum absolute atomic E-state index is 12.7. The van der Waals surface area contributed by atoms with Crippen LogP contribution in [0.4, 0.5) is 5.69 Å². The Morgan fingerprint density at radius 1 is 1.06 bits per heavy atom. The van der Waals surface area contributed by atoms with Gasteiger partial charge in [0.05, 0.1) is 32.5 Å². The zero-order valence-corrected chi connectivity index (χ0v) is 20.6. The van der Waals surface area contributed by atoms with Gasteiger partial charge in [0, 0.05) is 10.9 Å². The molecule has 0 amide bonds. The van der Waals surface area contributed by atoms with E-state index in [1.165, 1.54) is 30.3 Å². The number of dihydropyridines is 1. The van der Waals surface area contributed by atoms with Gasteiger partial charge in [-0.1, -0.05) is 58.6 Å². The van der Waals surface area contributed by atoms with Gasteiger partial charge in [0.25, 0.3) is 10.0 Å². The van der Waals surface area contributed by atoms with Crippen molar-refractivity contribution in [1.82, 2.24) is 0 Å². The van der Waals surface area contributed by atoms with Crippen LogP contribution in [0, 0.1) is 5.92 Å².